The van der Waals surface area contributed by atoms with Crippen molar-refractivity contribution in [3.05, 3.63) is 35.4 Å². The predicted octanol–water partition coefficient (Wildman–Crippen LogP) is 9.33. The summed E-state index contributed by atoms with van der Waals surface area (Å²) in [6.45, 7) is 9.75. The molecule has 0 amide bonds. The number of ether oxygens (including phenoxy) is 3. The maximum atomic E-state index is 12.9. The molecule has 0 aliphatic rings. The highest BCUT2D eigenvalue weighted by atomic mass is 19.4. The largest absolute Gasteiger partial charge is 0.416 e. The summed E-state index contributed by atoms with van der Waals surface area (Å²) in [5.74, 6) is -0.823. The molecule has 0 aliphatic carbocycles. The second-order valence-corrected chi connectivity index (χ2v) is 9.31. The Bertz CT molecular complexity index is 631. The van der Waals surface area contributed by atoms with E-state index in [2.05, 4.69) is 6.92 Å². The van der Waals surface area contributed by atoms with E-state index in [1.807, 2.05) is 20.8 Å². The van der Waals surface area contributed by atoms with Crippen LogP contribution in [0.1, 0.15) is 116 Å². The van der Waals surface area contributed by atoms with Crippen LogP contribution in [0.4, 0.5) is 13.2 Å². The molecule has 3 nitrogen and oxygen atoms in total. The van der Waals surface area contributed by atoms with Gasteiger partial charge in [0.15, 0.2) is 0 Å². The fourth-order valence-corrected chi connectivity index (χ4v) is 4.73. The van der Waals surface area contributed by atoms with Gasteiger partial charge in [0.1, 0.15) is 0 Å². The number of halogens is 3. The summed E-state index contributed by atoms with van der Waals surface area (Å²) in [4.78, 5) is 0. The van der Waals surface area contributed by atoms with Gasteiger partial charge in [-0.3, -0.25) is 0 Å². The molecule has 204 valence electrons. The van der Waals surface area contributed by atoms with Gasteiger partial charge in [-0.15, -0.1) is 0 Å². The van der Waals surface area contributed by atoms with Crippen LogP contribution in [0.25, 0.3) is 0 Å². The molecular weight excluding hydrogens is 453 g/mol. The van der Waals surface area contributed by atoms with E-state index >= 15 is 0 Å². The first-order valence-corrected chi connectivity index (χ1v) is 13.9. The van der Waals surface area contributed by atoms with Crippen molar-refractivity contribution < 1.29 is 27.4 Å². The lowest BCUT2D eigenvalue weighted by Gasteiger charge is -2.39. The Morgan fingerprint density at radius 3 is 1.71 bits per heavy atom. The number of benzene rings is 1. The lowest BCUT2D eigenvalue weighted by atomic mass is 9.91. The monoisotopic (exact) mass is 502 g/mol. The van der Waals surface area contributed by atoms with Crippen molar-refractivity contribution in [2.75, 3.05) is 19.8 Å². The molecule has 1 rings (SSSR count). The Labute approximate surface area is 212 Å². The van der Waals surface area contributed by atoms with Crippen molar-refractivity contribution in [1.29, 1.82) is 0 Å². The lowest BCUT2D eigenvalue weighted by molar-refractivity contribution is -0.403. The summed E-state index contributed by atoms with van der Waals surface area (Å²) in [6, 6.07) is 5.69. The van der Waals surface area contributed by atoms with Gasteiger partial charge >= 0.3 is 6.18 Å². The van der Waals surface area contributed by atoms with Crippen molar-refractivity contribution in [2.24, 2.45) is 5.92 Å². The van der Waals surface area contributed by atoms with Crippen molar-refractivity contribution in [3.8, 4) is 0 Å². The average molecular weight is 503 g/mol. The normalized spacial score (nSPS) is 13.3. The second kappa shape index (κ2) is 18.2. The molecule has 0 spiro atoms. The van der Waals surface area contributed by atoms with Gasteiger partial charge in [0, 0.05) is 25.7 Å². The van der Waals surface area contributed by atoms with E-state index in [1.54, 1.807) is 6.07 Å². The van der Waals surface area contributed by atoms with Crippen molar-refractivity contribution in [3.63, 3.8) is 0 Å². The molecule has 0 saturated carbocycles. The van der Waals surface area contributed by atoms with Crippen LogP contribution in [0, 0.1) is 5.92 Å². The summed E-state index contributed by atoms with van der Waals surface area (Å²) in [5.41, 5.74) is 0.190. The highest BCUT2D eigenvalue weighted by molar-refractivity contribution is 5.25. The minimum absolute atomic E-state index is 0.164. The zero-order valence-corrected chi connectivity index (χ0v) is 22.6. The highest BCUT2D eigenvalue weighted by Gasteiger charge is 2.41. The number of unbranched alkanes of at least 4 members (excludes halogenated alkanes) is 8. The molecule has 1 aromatic carbocycles. The molecule has 0 saturated heterocycles. The number of alkyl halides is 3. The van der Waals surface area contributed by atoms with Gasteiger partial charge < -0.3 is 14.2 Å². The first-order valence-electron chi connectivity index (χ1n) is 13.9. The third-order valence-electron chi connectivity index (χ3n) is 6.47. The maximum Gasteiger partial charge on any atom is 0.416 e. The van der Waals surface area contributed by atoms with Crippen LogP contribution in [0.2, 0.25) is 0 Å². The summed E-state index contributed by atoms with van der Waals surface area (Å²) in [6.07, 6.45) is 9.75. The summed E-state index contributed by atoms with van der Waals surface area (Å²) in [5, 5.41) is 0. The van der Waals surface area contributed by atoms with E-state index in [9.17, 15) is 13.2 Å². The molecule has 1 unspecified atom stereocenters. The van der Waals surface area contributed by atoms with Gasteiger partial charge in [0.05, 0.1) is 5.56 Å². The van der Waals surface area contributed by atoms with Crippen LogP contribution in [-0.4, -0.2) is 25.8 Å². The SMILES string of the molecule is CCCCCCCCC(CCCCCCc1cccc(C(F)(F)F)c1)C(OCC)(OCC)OCC. The van der Waals surface area contributed by atoms with Crippen LogP contribution < -0.4 is 0 Å². The fourth-order valence-electron chi connectivity index (χ4n) is 4.73. The van der Waals surface area contributed by atoms with E-state index in [0.717, 1.165) is 56.6 Å². The highest BCUT2D eigenvalue weighted by Crippen LogP contribution is 2.35. The molecule has 1 aromatic rings. The summed E-state index contributed by atoms with van der Waals surface area (Å²) in [7, 11) is 0. The zero-order chi connectivity index (χ0) is 26.0. The molecule has 0 N–H and O–H groups in total. The zero-order valence-electron chi connectivity index (χ0n) is 22.6. The minimum atomic E-state index is -4.28. The molecule has 0 fully saturated rings. The predicted molar refractivity (Wildman–Crippen MR) is 137 cm³/mol. The van der Waals surface area contributed by atoms with Crippen LogP contribution in [0.5, 0.6) is 0 Å². The number of rotatable bonds is 21. The van der Waals surface area contributed by atoms with Crippen LogP contribution >= 0.6 is 0 Å². The van der Waals surface area contributed by atoms with E-state index in [0.29, 0.717) is 26.2 Å². The number of hydrogen-bond donors (Lipinski definition) is 0. The van der Waals surface area contributed by atoms with Crippen LogP contribution in [0.15, 0.2) is 24.3 Å². The van der Waals surface area contributed by atoms with Crippen molar-refractivity contribution in [2.45, 2.75) is 123 Å². The van der Waals surface area contributed by atoms with Crippen molar-refractivity contribution in [1.82, 2.24) is 0 Å². The van der Waals surface area contributed by atoms with E-state index in [4.69, 9.17) is 14.2 Å². The Balaban J connectivity index is 2.60. The van der Waals surface area contributed by atoms with Crippen molar-refractivity contribution >= 4 is 0 Å². The van der Waals surface area contributed by atoms with Gasteiger partial charge in [-0.1, -0.05) is 82.9 Å². The van der Waals surface area contributed by atoms with E-state index < -0.39 is 17.7 Å². The molecule has 35 heavy (non-hydrogen) atoms. The quantitative estimate of drug-likeness (QED) is 0.124. The fraction of sp³-hybridized carbons (Fsp3) is 0.793. The van der Waals surface area contributed by atoms with Gasteiger partial charge in [0.2, 0.25) is 0 Å². The Kier molecular flexibility index (Phi) is 16.6. The molecule has 0 radical (unpaired) electrons. The molecule has 6 heteroatoms. The smallest absolute Gasteiger partial charge is 0.328 e. The van der Waals surface area contributed by atoms with Gasteiger partial charge in [-0.25, -0.2) is 0 Å². The maximum absolute atomic E-state index is 12.9. The van der Waals surface area contributed by atoms with Crippen LogP contribution in [0.3, 0.4) is 0 Å². The molecule has 0 aromatic heterocycles. The lowest BCUT2D eigenvalue weighted by Crippen LogP contribution is -2.46. The molecule has 0 heterocycles. The number of aryl methyl sites for hydroxylation is 1. The van der Waals surface area contributed by atoms with Crippen LogP contribution in [-0.2, 0) is 26.8 Å². The molecule has 0 bridgehead atoms. The second-order valence-electron chi connectivity index (χ2n) is 9.31. The Hall–Kier alpha value is -1.11. The summed E-state index contributed by atoms with van der Waals surface area (Å²) < 4.78 is 57.1. The standard InChI is InChI=1S/C29H49F3O3/c1-5-9-10-11-12-16-21-26(29(33-6-2,34-7-3)35-8-4)22-17-14-13-15-19-25-20-18-23-27(24-25)28(30,31)32/h18,20,23-24,26H,5-17,19,21-22H2,1-4H3. The third-order valence-corrected chi connectivity index (χ3v) is 6.47. The summed E-state index contributed by atoms with van der Waals surface area (Å²) >= 11 is 0. The van der Waals surface area contributed by atoms with Gasteiger partial charge in [-0.2, -0.15) is 13.2 Å². The minimum Gasteiger partial charge on any atom is -0.328 e. The number of hydrogen-bond acceptors (Lipinski definition) is 3. The van der Waals surface area contributed by atoms with Gasteiger partial charge in [-0.05, 0) is 58.1 Å². The first-order chi connectivity index (χ1) is 16.8. The third kappa shape index (κ3) is 12.6. The van der Waals surface area contributed by atoms with Gasteiger partial charge in [0.25, 0.3) is 5.97 Å². The Morgan fingerprint density at radius 1 is 0.686 bits per heavy atom. The molecule has 0 aliphatic heterocycles. The topological polar surface area (TPSA) is 27.7 Å². The van der Waals surface area contributed by atoms with E-state index in [-0.39, 0.29) is 5.92 Å². The molecule has 1 atom stereocenters. The molecular formula is C29H49F3O3. The van der Waals surface area contributed by atoms with E-state index in [1.165, 1.54) is 44.2 Å². The average Bonchev–Trinajstić information content (AvgIpc) is 2.82. The first kappa shape index (κ1) is 31.9. The Morgan fingerprint density at radius 2 is 1.20 bits per heavy atom.